The first-order valence-electron chi connectivity index (χ1n) is 9.72. The summed E-state index contributed by atoms with van der Waals surface area (Å²) in [6.07, 6.45) is 8.80. The molecular weight excluding hydrogens is 352 g/mol. The highest BCUT2D eigenvalue weighted by Crippen LogP contribution is 2.56. The number of allylic oxidation sites excluding steroid dienone is 5. The molecule has 0 spiro atoms. The second-order valence-corrected chi connectivity index (χ2v) is 7.96. The maximum absolute atomic E-state index is 12.8. The molecule has 0 amide bonds. The van der Waals surface area contributed by atoms with Gasteiger partial charge < -0.3 is 4.74 Å². The smallest absolute Gasteiger partial charge is 0.461 e. The van der Waals surface area contributed by atoms with Crippen molar-refractivity contribution in [1.82, 2.24) is 0 Å². The largest absolute Gasteiger partial charge is 0.510 e. The van der Waals surface area contributed by atoms with Gasteiger partial charge in [-0.25, -0.2) is 22.8 Å². The molecule has 0 saturated heterocycles. The highest BCUT2D eigenvalue weighted by atomic mass is 16.5. The molecule has 4 aliphatic carbocycles. The molecule has 0 N–H and O–H groups in total. The second kappa shape index (κ2) is 6.60. The predicted molar refractivity (Wildman–Crippen MR) is 103 cm³/mol. The Kier molecular flexibility index (Phi) is 4.35. The molecule has 0 aliphatic heterocycles. The zero-order valence-corrected chi connectivity index (χ0v) is 16.1. The van der Waals surface area contributed by atoms with E-state index in [4.69, 9.17) is 17.9 Å². The Morgan fingerprint density at radius 1 is 1.29 bits per heavy atom. The fraction of sp³-hybridized carbons (Fsp3) is 0.478. The molecule has 0 unspecified atom stereocenters. The van der Waals surface area contributed by atoms with E-state index in [-0.39, 0.29) is 43.0 Å². The quantitative estimate of drug-likeness (QED) is 0.422. The summed E-state index contributed by atoms with van der Waals surface area (Å²) >= 11 is 0. The maximum atomic E-state index is 12.8. The van der Waals surface area contributed by atoms with Gasteiger partial charge in [0.1, 0.15) is 18.6 Å². The predicted octanol–water partition coefficient (Wildman–Crippen LogP) is 4.21. The molecule has 0 aromatic rings. The van der Waals surface area contributed by atoms with E-state index in [9.17, 15) is 9.59 Å². The van der Waals surface area contributed by atoms with Gasteiger partial charge in [0.15, 0.2) is 5.78 Å². The number of fused-ring (bicyclic) bond motifs is 5. The minimum absolute atomic E-state index is 0.0107. The Balaban J connectivity index is 1.95. The lowest BCUT2D eigenvalue weighted by atomic mass is 9.70. The van der Waals surface area contributed by atoms with Crippen LogP contribution in [0.4, 0.5) is 0 Å². The van der Waals surface area contributed by atoms with Crippen LogP contribution >= 0.6 is 0 Å². The van der Waals surface area contributed by atoms with Crippen LogP contribution in [-0.2, 0) is 14.3 Å². The Labute approximate surface area is 165 Å². The molecule has 4 aliphatic rings. The van der Waals surface area contributed by atoms with Crippen molar-refractivity contribution < 1.29 is 14.3 Å². The van der Waals surface area contributed by atoms with E-state index in [1.807, 2.05) is 0 Å². The zero-order chi connectivity index (χ0) is 20.1. The molecule has 4 rings (SSSR count). The highest BCUT2D eigenvalue weighted by Gasteiger charge is 2.59. The molecule has 0 saturated carbocycles. The molecule has 0 aromatic carbocycles. The number of rotatable bonds is 3. The van der Waals surface area contributed by atoms with Gasteiger partial charge in [0.2, 0.25) is 0 Å². The normalized spacial score (nSPS) is 29.5. The average Bonchev–Trinajstić information content (AvgIpc) is 3.17. The topological polar surface area (TPSA) is 52.1 Å². The molecule has 142 valence electrons. The van der Waals surface area contributed by atoms with Crippen molar-refractivity contribution >= 4 is 11.8 Å². The molecule has 0 radical (unpaired) electrons. The minimum Gasteiger partial charge on any atom is -0.461 e. The van der Waals surface area contributed by atoms with Crippen molar-refractivity contribution in [3.05, 3.63) is 68.9 Å². The standard InChI is InChI=1S/C23H22N2O3/c1-5-16-17-10-21(27)19(12-28-13(2)26)18(17)11-23(24-3,25-4)20-9-14-6-7-15(8-14)22(16)20/h6-7,9,14-15,22H,5,8,10-12H2,1-2H3/t14-,15+,22+/m0/s1. The Morgan fingerprint density at radius 2 is 2.04 bits per heavy atom. The van der Waals surface area contributed by atoms with Crippen molar-refractivity contribution in [2.75, 3.05) is 6.61 Å². The Hall–Kier alpha value is -2.92. The third-order valence-electron chi connectivity index (χ3n) is 6.53. The number of ketones is 1. The summed E-state index contributed by atoms with van der Waals surface area (Å²) in [6, 6.07) is 0. The number of nitrogens with zero attached hydrogens (tertiary/aromatic N) is 2. The fourth-order valence-corrected chi connectivity index (χ4v) is 5.31. The summed E-state index contributed by atoms with van der Waals surface area (Å²) in [5, 5.41) is 0. The van der Waals surface area contributed by atoms with Gasteiger partial charge in [0.05, 0.1) is 0 Å². The van der Waals surface area contributed by atoms with Gasteiger partial charge in [-0.05, 0) is 35.8 Å². The van der Waals surface area contributed by atoms with Crippen molar-refractivity contribution in [2.24, 2.45) is 17.8 Å². The minimum atomic E-state index is -1.32. The van der Waals surface area contributed by atoms with Crippen LogP contribution in [0.2, 0.25) is 0 Å². The van der Waals surface area contributed by atoms with Crippen LogP contribution in [0.25, 0.3) is 9.69 Å². The number of Topliss-reactive ketones (excluding diaryl/α,β-unsaturated/α-hetero) is 1. The van der Waals surface area contributed by atoms with Gasteiger partial charge in [-0.3, -0.25) is 9.59 Å². The van der Waals surface area contributed by atoms with Gasteiger partial charge in [-0.2, -0.15) is 0 Å². The lowest BCUT2D eigenvalue weighted by Crippen LogP contribution is -2.33. The van der Waals surface area contributed by atoms with Crippen LogP contribution in [-0.4, -0.2) is 24.0 Å². The summed E-state index contributed by atoms with van der Waals surface area (Å²) in [4.78, 5) is 31.8. The summed E-state index contributed by atoms with van der Waals surface area (Å²) < 4.78 is 5.14. The molecule has 3 atom stereocenters. The number of hydrogen-bond acceptors (Lipinski definition) is 3. The molecule has 0 aromatic heterocycles. The van der Waals surface area contributed by atoms with Crippen molar-refractivity contribution in [3.63, 3.8) is 0 Å². The number of carbonyl (C=O) groups excluding carboxylic acids is 2. The van der Waals surface area contributed by atoms with Crippen molar-refractivity contribution in [1.29, 1.82) is 0 Å². The summed E-state index contributed by atoms with van der Waals surface area (Å²) in [5.74, 6) is 0.0856. The Morgan fingerprint density at radius 3 is 2.68 bits per heavy atom. The number of ether oxygens (including phenoxy) is 1. The van der Waals surface area contributed by atoms with E-state index in [1.54, 1.807) is 0 Å². The summed E-state index contributed by atoms with van der Waals surface area (Å²) in [5.41, 5.74) is 2.99. The lowest BCUT2D eigenvalue weighted by Gasteiger charge is -2.31. The molecule has 5 heteroatoms. The van der Waals surface area contributed by atoms with Crippen LogP contribution < -0.4 is 0 Å². The monoisotopic (exact) mass is 374 g/mol. The second-order valence-electron chi connectivity index (χ2n) is 7.96. The molecule has 5 nitrogen and oxygen atoms in total. The third kappa shape index (κ3) is 2.58. The molecule has 0 fully saturated rings. The van der Waals surface area contributed by atoms with E-state index in [2.05, 4.69) is 34.8 Å². The maximum Gasteiger partial charge on any atom is 0.510 e. The van der Waals surface area contributed by atoms with Gasteiger partial charge in [0, 0.05) is 24.8 Å². The van der Waals surface area contributed by atoms with E-state index in [0.29, 0.717) is 5.57 Å². The molecule has 2 bridgehead atoms. The lowest BCUT2D eigenvalue weighted by molar-refractivity contribution is -0.140. The first kappa shape index (κ1) is 18.4. The van der Waals surface area contributed by atoms with Gasteiger partial charge >= 0.3 is 11.6 Å². The highest BCUT2D eigenvalue weighted by molar-refractivity contribution is 6.03. The first-order chi connectivity index (χ1) is 13.4. The average molecular weight is 374 g/mol. The van der Waals surface area contributed by atoms with Crippen LogP contribution in [0, 0.1) is 30.9 Å². The van der Waals surface area contributed by atoms with E-state index >= 15 is 0 Å². The number of esters is 1. The SMILES string of the molecule is [C-]#[N+]C1([N+]#[C-])CC2=C(COC(C)=O)C(=O)CC2=C(CC)[C@@H]2C1=C[C@H]1C=C[C@@H]2C1. The van der Waals surface area contributed by atoms with E-state index in [1.165, 1.54) is 12.5 Å². The third-order valence-corrected chi connectivity index (χ3v) is 6.53. The summed E-state index contributed by atoms with van der Waals surface area (Å²) in [6.45, 7) is 19.2. The van der Waals surface area contributed by atoms with Crippen molar-refractivity contribution in [2.45, 2.75) is 45.2 Å². The molecule has 0 heterocycles. The number of hydrogen-bond donors (Lipinski definition) is 0. The van der Waals surface area contributed by atoms with Crippen LogP contribution in [0.15, 0.2) is 46.1 Å². The van der Waals surface area contributed by atoms with Crippen LogP contribution in [0.3, 0.4) is 0 Å². The number of carbonyl (C=O) groups is 2. The Bertz CT molecular complexity index is 966. The van der Waals surface area contributed by atoms with Gasteiger partial charge in [-0.15, -0.1) is 0 Å². The van der Waals surface area contributed by atoms with Crippen molar-refractivity contribution in [3.8, 4) is 0 Å². The molecule has 28 heavy (non-hydrogen) atoms. The van der Waals surface area contributed by atoms with Gasteiger partial charge in [0.25, 0.3) is 0 Å². The van der Waals surface area contributed by atoms with Crippen LogP contribution in [0.5, 0.6) is 0 Å². The van der Waals surface area contributed by atoms with Gasteiger partial charge in [-0.1, -0.05) is 30.7 Å². The zero-order valence-electron chi connectivity index (χ0n) is 16.1. The molecular formula is C23H22N2O3. The van der Waals surface area contributed by atoms with Crippen LogP contribution in [0.1, 0.15) is 39.5 Å². The first-order valence-corrected chi connectivity index (χ1v) is 9.72. The fourth-order valence-electron chi connectivity index (χ4n) is 5.31. The summed E-state index contributed by atoms with van der Waals surface area (Å²) in [7, 11) is 0. The van der Waals surface area contributed by atoms with E-state index in [0.717, 1.165) is 29.6 Å². The van der Waals surface area contributed by atoms with E-state index < -0.39 is 11.6 Å².